The second kappa shape index (κ2) is 12.3. The third-order valence-electron chi connectivity index (χ3n) is 2.87. The van der Waals surface area contributed by atoms with Crippen molar-refractivity contribution in [2.24, 2.45) is 0 Å². The zero-order valence-electron chi connectivity index (χ0n) is 11.6. The summed E-state index contributed by atoms with van der Waals surface area (Å²) >= 11 is 1.30. The van der Waals surface area contributed by atoms with Crippen LogP contribution in [0.3, 0.4) is 0 Å². The Morgan fingerprint density at radius 2 is 1.28 bits per heavy atom. The van der Waals surface area contributed by atoms with Gasteiger partial charge in [0.1, 0.15) is 5.08 Å². The molecule has 0 spiro atoms. The molecule has 0 amide bonds. The minimum Gasteiger partial charge on any atom is -0.285 e. The van der Waals surface area contributed by atoms with Crippen molar-refractivity contribution in [1.29, 1.82) is 0 Å². The van der Waals surface area contributed by atoms with Crippen LogP contribution in [-0.4, -0.2) is 23.8 Å². The lowest BCUT2D eigenvalue weighted by atomic mass is 10.1. The molecule has 1 N–H and O–H groups in total. The Balaban J connectivity index is 3.03. The van der Waals surface area contributed by atoms with Gasteiger partial charge in [0.25, 0.3) is 10.1 Å². The van der Waals surface area contributed by atoms with Crippen molar-refractivity contribution in [3.63, 3.8) is 0 Å². The SMILES string of the molecule is CCCCCCCCCCCCSCS(=O)(=O)O. The summed E-state index contributed by atoms with van der Waals surface area (Å²) in [4.78, 5) is 0. The highest BCUT2D eigenvalue weighted by Crippen LogP contribution is 2.12. The molecule has 0 rings (SSSR count). The molecule has 0 saturated heterocycles. The Kier molecular flexibility index (Phi) is 12.5. The lowest BCUT2D eigenvalue weighted by Gasteiger charge is -2.02. The van der Waals surface area contributed by atoms with Crippen molar-refractivity contribution in [2.75, 3.05) is 10.8 Å². The minimum atomic E-state index is -3.77. The molecule has 3 nitrogen and oxygen atoms in total. The maximum absolute atomic E-state index is 10.4. The number of rotatable bonds is 13. The Morgan fingerprint density at radius 1 is 0.833 bits per heavy atom. The van der Waals surface area contributed by atoms with E-state index in [2.05, 4.69) is 6.92 Å². The van der Waals surface area contributed by atoms with Crippen molar-refractivity contribution < 1.29 is 13.0 Å². The molecule has 0 aromatic carbocycles. The maximum Gasteiger partial charge on any atom is 0.274 e. The van der Waals surface area contributed by atoms with Gasteiger partial charge in [0.15, 0.2) is 0 Å². The van der Waals surface area contributed by atoms with Gasteiger partial charge in [-0.1, -0.05) is 64.7 Å². The molecule has 0 atom stereocenters. The molecule has 0 fully saturated rings. The summed E-state index contributed by atoms with van der Waals surface area (Å²) in [7, 11) is -3.77. The first-order chi connectivity index (χ1) is 8.56. The molecule has 110 valence electrons. The molecule has 0 aromatic heterocycles. The summed E-state index contributed by atoms with van der Waals surface area (Å²) in [5.41, 5.74) is 0. The minimum absolute atomic E-state index is 0.162. The van der Waals surface area contributed by atoms with Gasteiger partial charge in [-0.05, 0) is 12.2 Å². The second-order valence-electron chi connectivity index (χ2n) is 4.79. The predicted molar refractivity (Wildman–Crippen MR) is 80.7 cm³/mol. The van der Waals surface area contributed by atoms with Crippen LogP contribution < -0.4 is 0 Å². The van der Waals surface area contributed by atoms with Crippen LogP contribution in [0.4, 0.5) is 0 Å². The van der Waals surface area contributed by atoms with Crippen LogP contribution >= 0.6 is 11.8 Å². The number of unbranched alkanes of at least 4 members (excludes halogenated alkanes) is 9. The van der Waals surface area contributed by atoms with Gasteiger partial charge < -0.3 is 0 Å². The van der Waals surface area contributed by atoms with Gasteiger partial charge in [-0.2, -0.15) is 8.42 Å². The third-order valence-corrected chi connectivity index (χ3v) is 5.31. The van der Waals surface area contributed by atoms with E-state index in [0.29, 0.717) is 0 Å². The van der Waals surface area contributed by atoms with E-state index < -0.39 is 10.1 Å². The first-order valence-electron chi connectivity index (χ1n) is 7.09. The van der Waals surface area contributed by atoms with Crippen LogP contribution in [0.1, 0.15) is 71.1 Å². The summed E-state index contributed by atoms with van der Waals surface area (Å²) in [6.45, 7) is 2.24. The van der Waals surface area contributed by atoms with Crippen LogP contribution in [0, 0.1) is 0 Å². The summed E-state index contributed by atoms with van der Waals surface area (Å²) < 4.78 is 29.4. The largest absolute Gasteiger partial charge is 0.285 e. The molecule has 5 heteroatoms. The van der Waals surface area contributed by atoms with E-state index in [1.165, 1.54) is 69.5 Å². The van der Waals surface area contributed by atoms with E-state index in [0.717, 1.165) is 12.2 Å². The Labute approximate surface area is 117 Å². The quantitative estimate of drug-likeness (QED) is 0.402. The van der Waals surface area contributed by atoms with Crippen LogP contribution in [0.25, 0.3) is 0 Å². The molecule has 0 heterocycles. The fourth-order valence-corrected chi connectivity index (χ4v) is 3.58. The highest BCUT2D eigenvalue weighted by atomic mass is 32.3. The summed E-state index contributed by atoms with van der Waals surface area (Å²) in [5, 5.41) is -0.162. The highest BCUT2D eigenvalue weighted by Gasteiger charge is 2.03. The fourth-order valence-electron chi connectivity index (χ4n) is 1.86. The Hall–Kier alpha value is 0.260. The van der Waals surface area contributed by atoms with Gasteiger partial charge in [0.2, 0.25) is 0 Å². The molecular formula is C13H28O3S2. The second-order valence-corrected chi connectivity index (χ2v) is 7.71. The highest BCUT2D eigenvalue weighted by molar-refractivity contribution is 8.10. The topological polar surface area (TPSA) is 54.4 Å². The Bertz CT molecular complexity index is 263. The molecule has 0 saturated carbocycles. The number of hydrogen-bond acceptors (Lipinski definition) is 3. The van der Waals surface area contributed by atoms with Crippen molar-refractivity contribution in [1.82, 2.24) is 0 Å². The monoisotopic (exact) mass is 296 g/mol. The van der Waals surface area contributed by atoms with Crippen LogP contribution in [0.2, 0.25) is 0 Å². The van der Waals surface area contributed by atoms with E-state index in [1.54, 1.807) is 0 Å². The lowest BCUT2D eigenvalue weighted by Crippen LogP contribution is -2.00. The van der Waals surface area contributed by atoms with E-state index in [1.807, 2.05) is 0 Å². The fraction of sp³-hybridized carbons (Fsp3) is 1.00. The molecule has 0 radical (unpaired) electrons. The van der Waals surface area contributed by atoms with Crippen LogP contribution in [-0.2, 0) is 10.1 Å². The normalized spacial score (nSPS) is 11.9. The average Bonchev–Trinajstić information content (AvgIpc) is 2.29. The lowest BCUT2D eigenvalue weighted by molar-refractivity contribution is 0.489. The van der Waals surface area contributed by atoms with Crippen molar-refractivity contribution in [3.8, 4) is 0 Å². The van der Waals surface area contributed by atoms with E-state index in [-0.39, 0.29) is 5.08 Å². The first kappa shape index (κ1) is 18.3. The van der Waals surface area contributed by atoms with E-state index in [9.17, 15) is 8.42 Å². The summed E-state index contributed by atoms with van der Waals surface area (Å²) in [6.07, 6.45) is 12.9. The predicted octanol–water partition coefficient (Wildman–Crippen LogP) is 4.49. The summed E-state index contributed by atoms with van der Waals surface area (Å²) in [5.74, 6) is 0.830. The molecule has 0 aliphatic carbocycles. The van der Waals surface area contributed by atoms with Crippen LogP contribution in [0.5, 0.6) is 0 Å². The van der Waals surface area contributed by atoms with E-state index >= 15 is 0 Å². The number of hydrogen-bond donors (Lipinski definition) is 1. The molecule has 0 unspecified atom stereocenters. The standard InChI is InChI=1S/C13H28O3S2/c1-2-3-4-5-6-7-8-9-10-11-12-17-13-18(14,15)16/h2-13H2,1H3,(H,14,15,16). The van der Waals surface area contributed by atoms with Crippen molar-refractivity contribution >= 4 is 21.9 Å². The first-order valence-corrected chi connectivity index (χ1v) is 9.85. The van der Waals surface area contributed by atoms with E-state index in [4.69, 9.17) is 4.55 Å². The van der Waals surface area contributed by atoms with Gasteiger partial charge >= 0.3 is 0 Å². The molecular weight excluding hydrogens is 268 g/mol. The Morgan fingerprint density at radius 3 is 1.72 bits per heavy atom. The van der Waals surface area contributed by atoms with Gasteiger partial charge in [-0.15, -0.1) is 11.8 Å². The van der Waals surface area contributed by atoms with Crippen LogP contribution in [0.15, 0.2) is 0 Å². The summed E-state index contributed by atoms with van der Waals surface area (Å²) in [6, 6.07) is 0. The molecule has 0 aliphatic rings. The van der Waals surface area contributed by atoms with Gasteiger partial charge in [-0.25, -0.2) is 0 Å². The zero-order valence-corrected chi connectivity index (χ0v) is 13.2. The molecule has 18 heavy (non-hydrogen) atoms. The zero-order chi connectivity index (χ0) is 13.7. The smallest absolute Gasteiger partial charge is 0.274 e. The van der Waals surface area contributed by atoms with Gasteiger partial charge in [-0.3, -0.25) is 4.55 Å². The number of thioether (sulfide) groups is 1. The third kappa shape index (κ3) is 16.3. The average molecular weight is 296 g/mol. The molecule has 0 aliphatic heterocycles. The van der Waals surface area contributed by atoms with Crippen molar-refractivity contribution in [3.05, 3.63) is 0 Å². The molecule has 0 aromatic rings. The van der Waals surface area contributed by atoms with Gasteiger partial charge in [0, 0.05) is 0 Å². The van der Waals surface area contributed by atoms with Gasteiger partial charge in [0.05, 0.1) is 0 Å². The maximum atomic E-state index is 10.4. The molecule has 0 bridgehead atoms. The van der Waals surface area contributed by atoms with Crippen molar-refractivity contribution in [2.45, 2.75) is 71.1 Å².